The molecule has 3 rings (SSSR count). The monoisotopic (exact) mass is 230 g/mol. The minimum absolute atomic E-state index is 0.0415. The van der Waals surface area contributed by atoms with Crippen molar-refractivity contribution in [3.8, 4) is 0 Å². The third-order valence-electron chi connectivity index (χ3n) is 4.42. The maximum atomic E-state index is 12.3. The zero-order valence-electron chi connectivity index (χ0n) is 10.4. The van der Waals surface area contributed by atoms with Crippen LogP contribution < -0.4 is 0 Å². The fraction of sp³-hybridized carbons (Fsp3) is 0.500. The van der Waals surface area contributed by atoms with E-state index in [0.717, 1.165) is 31.5 Å². The van der Waals surface area contributed by atoms with E-state index in [1.54, 1.807) is 0 Å². The third kappa shape index (κ3) is 1.35. The second-order valence-electron chi connectivity index (χ2n) is 5.24. The van der Waals surface area contributed by atoms with Gasteiger partial charge in [-0.15, -0.1) is 0 Å². The Balaban J connectivity index is 2.09. The summed E-state index contributed by atoms with van der Waals surface area (Å²) in [5.74, 6) is 0.185. The molecule has 3 nitrogen and oxygen atoms in total. The Morgan fingerprint density at radius 3 is 2.47 bits per heavy atom. The van der Waals surface area contributed by atoms with Crippen LogP contribution in [0, 0.1) is 0 Å². The van der Waals surface area contributed by atoms with Gasteiger partial charge in [0.2, 0.25) is 0 Å². The van der Waals surface area contributed by atoms with Gasteiger partial charge in [-0.25, -0.2) is 0 Å². The van der Waals surface area contributed by atoms with Crippen molar-refractivity contribution in [2.45, 2.75) is 18.4 Å². The summed E-state index contributed by atoms with van der Waals surface area (Å²) in [5, 5.41) is 0. The lowest BCUT2D eigenvalue weighted by Crippen LogP contribution is -2.48. The van der Waals surface area contributed by atoms with Crippen molar-refractivity contribution >= 4 is 5.91 Å². The number of nitrogens with zero attached hydrogens (tertiary/aromatic N) is 2. The number of fused-ring (bicyclic) bond motifs is 2. The number of hydrogen-bond donors (Lipinski definition) is 0. The quantitative estimate of drug-likeness (QED) is 0.677. The Hall–Kier alpha value is -1.35. The molecule has 0 bridgehead atoms. The Labute approximate surface area is 102 Å². The Kier molecular flexibility index (Phi) is 2.26. The van der Waals surface area contributed by atoms with E-state index < -0.39 is 0 Å². The summed E-state index contributed by atoms with van der Waals surface area (Å²) in [6, 6.07) is 8.09. The molecule has 1 aromatic carbocycles. The molecular formula is C14H18N2O. The SMILES string of the molecule is CN1CCC2(CC1)c1ccccc1C(=O)N2C. The minimum atomic E-state index is -0.0415. The number of hydrogen-bond acceptors (Lipinski definition) is 2. The number of rotatable bonds is 0. The number of carbonyl (C=O) groups is 1. The zero-order valence-corrected chi connectivity index (χ0v) is 10.4. The molecule has 0 aromatic heterocycles. The molecule has 2 aliphatic rings. The lowest BCUT2D eigenvalue weighted by atomic mass is 9.81. The molecule has 0 unspecified atom stereocenters. The van der Waals surface area contributed by atoms with E-state index in [9.17, 15) is 4.79 Å². The summed E-state index contributed by atoms with van der Waals surface area (Å²) in [6.07, 6.45) is 2.09. The van der Waals surface area contributed by atoms with Crippen molar-refractivity contribution in [1.29, 1.82) is 0 Å². The summed E-state index contributed by atoms with van der Waals surface area (Å²) >= 11 is 0. The zero-order chi connectivity index (χ0) is 12.0. The van der Waals surface area contributed by atoms with Crippen molar-refractivity contribution < 1.29 is 4.79 Å². The summed E-state index contributed by atoms with van der Waals surface area (Å²) in [6.45, 7) is 2.12. The fourth-order valence-corrected chi connectivity index (χ4v) is 3.22. The molecule has 0 atom stereocenters. The molecular weight excluding hydrogens is 212 g/mol. The van der Waals surface area contributed by atoms with Crippen LogP contribution in [0.15, 0.2) is 24.3 Å². The van der Waals surface area contributed by atoms with Crippen molar-refractivity contribution in [3.05, 3.63) is 35.4 Å². The first-order valence-corrected chi connectivity index (χ1v) is 6.21. The third-order valence-corrected chi connectivity index (χ3v) is 4.42. The molecule has 90 valence electrons. The van der Waals surface area contributed by atoms with Gasteiger partial charge in [0.15, 0.2) is 0 Å². The molecule has 3 heteroatoms. The number of likely N-dealkylation sites (tertiary alicyclic amines) is 1. The predicted octanol–water partition coefficient (Wildman–Crippen LogP) is 1.69. The molecule has 0 radical (unpaired) electrons. The fourth-order valence-electron chi connectivity index (χ4n) is 3.22. The smallest absolute Gasteiger partial charge is 0.254 e. The highest BCUT2D eigenvalue weighted by Gasteiger charge is 2.48. The van der Waals surface area contributed by atoms with Gasteiger partial charge in [-0.3, -0.25) is 4.79 Å². The highest BCUT2D eigenvalue weighted by molar-refractivity contribution is 5.99. The first-order chi connectivity index (χ1) is 8.15. The first kappa shape index (κ1) is 10.8. The maximum absolute atomic E-state index is 12.3. The highest BCUT2D eigenvalue weighted by atomic mass is 16.2. The Morgan fingerprint density at radius 2 is 1.76 bits per heavy atom. The summed E-state index contributed by atoms with van der Waals surface area (Å²) in [7, 11) is 4.10. The molecule has 1 spiro atoms. The Bertz CT molecular complexity index is 461. The molecule has 0 N–H and O–H groups in total. The first-order valence-electron chi connectivity index (χ1n) is 6.21. The predicted molar refractivity (Wildman–Crippen MR) is 66.9 cm³/mol. The largest absolute Gasteiger partial charge is 0.332 e. The van der Waals surface area contributed by atoms with Crippen LogP contribution in [-0.4, -0.2) is 42.9 Å². The van der Waals surface area contributed by atoms with E-state index in [0.29, 0.717) is 0 Å². The normalized spacial score (nSPS) is 23.2. The van der Waals surface area contributed by atoms with Crippen LogP contribution in [0.3, 0.4) is 0 Å². The minimum Gasteiger partial charge on any atom is -0.332 e. The van der Waals surface area contributed by atoms with E-state index in [-0.39, 0.29) is 11.4 Å². The van der Waals surface area contributed by atoms with Gasteiger partial charge in [0.05, 0.1) is 5.54 Å². The number of amides is 1. The van der Waals surface area contributed by atoms with Gasteiger partial charge < -0.3 is 9.80 Å². The topological polar surface area (TPSA) is 23.6 Å². The number of benzene rings is 1. The molecule has 0 saturated carbocycles. The maximum Gasteiger partial charge on any atom is 0.254 e. The molecule has 1 saturated heterocycles. The number of piperidine rings is 1. The van der Waals surface area contributed by atoms with Gasteiger partial charge in [0, 0.05) is 25.7 Å². The molecule has 0 aliphatic carbocycles. The average Bonchev–Trinajstić information content (AvgIpc) is 2.57. The standard InChI is InChI=1S/C14H18N2O/c1-15-9-7-14(8-10-15)12-6-4-3-5-11(12)13(17)16(14)2/h3-6H,7-10H2,1-2H3. The van der Waals surface area contributed by atoms with Crippen molar-refractivity contribution in [2.75, 3.05) is 27.2 Å². The van der Waals surface area contributed by atoms with E-state index >= 15 is 0 Å². The van der Waals surface area contributed by atoms with Gasteiger partial charge in [0.25, 0.3) is 5.91 Å². The average molecular weight is 230 g/mol. The lowest BCUT2D eigenvalue weighted by Gasteiger charge is -2.43. The lowest BCUT2D eigenvalue weighted by molar-refractivity contribution is 0.0425. The van der Waals surface area contributed by atoms with Crippen molar-refractivity contribution in [1.82, 2.24) is 9.80 Å². The van der Waals surface area contributed by atoms with Crippen LogP contribution in [0.5, 0.6) is 0 Å². The van der Waals surface area contributed by atoms with Crippen LogP contribution in [0.1, 0.15) is 28.8 Å². The second kappa shape index (κ2) is 3.57. The van der Waals surface area contributed by atoms with Crippen LogP contribution in [-0.2, 0) is 5.54 Å². The summed E-state index contributed by atoms with van der Waals surface area (Å²) < 4.78 is 0. The van der Waals surface area contributed by atoms with Crippen LogP contribution in [0.2, 0.25) is 0 Å². The van der Waals surface area contributed by atoms with E-state index in [1.165, 1.54) is 5.56 Å². The summed E-state index contributed by atoms with van der Waals surface area (Å²) in [4.78, 5) is 16.6. The molecule has 17 heavy (non-hydrogen) atoms. The molecule has 1 fully saturated rings. The highest BCUT2D eigenvalue weighted by Crippen LogP contribution is 2.44. The van der Waals surface area contributed by atoms with Gasteiger partial charge in [-0.05, 0) is 31.5 Å². The van der Waals surface area contributed by atoms with Crippen LogP contribution >= 0.6 is 0 Å². The van der Waals surface area contributed by atoms with E-state index in [2.05, 4.69) is 18.0 Å². The van der Waals surface area contributed by atoms with Crippen LogP contribution in [0.4, 0.5) is 0 Å². The molecule has 1 amide bonds. The van der Waals surface area contributed by atoms with E-state index in [4.69, 9.17) is 0 Å². The van der Waals surface area contributed by atoms with E-state index in [1.807, 2.05) is 30.1 Å². The van der Waals surface area contributed by atoms with Gasteiger partial charge in [-0.2, -0.15) is 0 Å². The summed E-state index contributed by atoms with van der Waals surface area (Å²) in [5.41, 5.74) is 2.10. The molecule has 1 aromatic rings. The van der Waals surface area contributed by atoms with Gasteiger partial charge in [-0.1, -0.05) is 18.2 Å². The van der Waals surface area contributed by atoms with Gasteiger partial charge in [0.1, 0.15) is 0 Å². The number of carbonyl (C=O) groups excluding carboxylic acids is 1. The molecule has 2 heterocycles. The van der Waals surface area contributed by atoms with Crippen LogP contribution in [0.25, 0.3) is 0 Å². The van der Waals surface area contributed by atoms with Crippen molar-refractivity contribution in [2.24, 2.45) is 0 Å². The Morgan fingerprint density at radius 1 is 1.12 bits per heavy atom. The second-order valence-corrected chi connectivity index (χ2v) is 5.24. The van der Waals surface area contributed by atoms with Gasteiger partial charge >= 0.3 is 0 Å². The van der Waals surface area contributed by atoms with Crippen molar-refractivity contribution in [3.63, 3.8) is 0 Å². The molecule has 2 aliphatic heterocycles.